The molecule has 0 spiro atoms. The highest BCUT2D eigenvalue weighted by Crippen LogP contribution is 2.28. The molecule has 0 unspecified atom stereocenters. The Balaban J connectivity index is 1.62. The molecule has 2 aromatic carbocycles. The molecule has 2 aromatic rings. The molecular formula is C19H18ClF3N2O4S. The Morgan fingerprint density at radius 2 is 1.80 bits per heavy atom. The number of nitrogens with one attached hydrogen (secondary N) is 2. The number of carbonyl (C=O) groups is 1. The number of hydrogen-bond acceptors (Lipinski definition) is 4. The lowest BCUT2D eigenvalue weighted by atomic mass is 10.3. The third-order valence-corrected chi connectivity index (χ3v) is 6.37. The smallest absolute Gasteiger partial charge is 0.262 e. The van der Waals surface area contributed by atoms with Crippen molar-refractivity contribution in [2.24, 2.45) is 0 Å². The van der Waals surface area contributed by atoms with Crippen LogP contribution in [0.25, 0.3) is 0 Å². The molecule has 1 amide bonds. The molecule has 0 atom stereocenters. The van der Waals surface area contributed by atoms with Crippen LogP contribution in [0.1, 0.15) is 25.7 Å². The van der Waals surface area contributed by atoms with E-state index < -0.39 is 45.7 Å². The molecule has 0 saturated heterocycles. The van der Waals surface area contributed by atoms with Crippen LogP contribution in [0.15, 0.2) is 35.2 Å². The van der Waals surface area contributed by atoms with Crippen LogP contribution in [0.2, 0.25) is 5.02 Å². The summed E-state index contributed by atoms with van der Waals surface area (Å²) in [6, 6.07) is 5.20. The highest BCUT2D eigenvalue weighted by molar-refractivity contribution is 7.89. The summed E-state index contributed by atoms with van der Waals surface area (Å²) in [4.78, 5) is 11.9. The number of anilines is 1. The average molecular weight is 463 g/mol. The van der Waals surface area contributed by atoms with Gasteiger partial charge in [0.25, 0.3) is 5.91 Å². The zero-order chi connectivity index (χ0) is 21.9. The number of hydrogen-bond donors (Lipinski definition) is 2. The molecule has 3 rings (SSSR count). The van der Waals surface area contributed by atoms with E-state index in [1.54, 1.807) is 0 Å². The van der Waals surface area contributed by atoms with Gasteiger partial charge in [0.2, 0.25) is 10.0 Å². The van der Waals surface area contributed by atoms with E-state index in [0.717, 1.165) is 31.7 Å². The van der Waals surface area contributed by atoms with Crippen LogP contribution in [-0.4, -0.2) is 27.0 Å². The summed E-state index contributed by atoms with van der Waals surface area (Å²) in [7, 11) is -3.74. The fraction of sp³-hybridized carbons (Fsp3) is 0.316. The van der Waals surface area contributed by atoms with Crippen molar-refractivity contribution in [1.82, 2.24) is 4.72 Å². The highest BCUT2D eigenvalue weighted by atomic mass is 35.5. The highest BCUT2D eigenvalue weighted by Gasteiger charge is 2.24. The summed E-state index contributed by atoms with van der Waals surface area (Å²) in [6.45, 7) is -0.620. The summed E-state index contributed by atoms with van der Waals surface area (Å²) in [5.74, 6) is -5.45. The molecule has 11 heteroatoms. The second-order valence-electron chi connectivity index (χ2n) is 6.75. The maximum atomic E-state index is 13.6. The van der Waals surface area contributed by atoms with Crippen LogP contribution in [0.4, 0.5) is 18.9 Å². The van der Waals surface area contributed by atoms with Gasteiger partial charge in [-0.05, 0) is 43.2 Å². The molecule has 2 N–H and O–H groups in total. The van der Waals surface area contributed by atoms with Crippen molar-refractivity contribution in [2.45, 2.75) is 36.6 Å². The topological polar surface area (TPSA) is 84.5 Å². The van der Waals surface area contributed by atoms with E-state index in [9.17, 15) is 26.4 Å². The second-order valence-corrected chi connectivity index (χ2v) is 8.88. The zero-order valence-electron chi connectivity index (χ0n) is 15.6. The molecule has 0 aromatic heterocycles. The van der Waals surface area contributed by atoms with Crippen LogP contribution in [0.3, 0.4) is 0 Å². The number of ether oxygens (including phenoxy) is 1. The van der Waals surface area contributed by atoms with Crippen LogP contribution in [0.5, 0.6) is 5.75 Å². The van der Waals surface area contributed by atoms with E-state index in [0.29, 0.717) is 6.07 Å². The molecule has 0 bridgehead atoms. The SMILES string of the molecule is O=C(COc1ccc(S(=O)(=O)NC2CCCC2)cc1Cl)Nc1ccc(F)c(F)c1F. The van der Waals surface area contributed by atoms with E-state index >= 15 is 0 Å². The Morgan fingerprint density at radius 1 is 1.10 bits per heavy atom. The predicted octanol–water partition coefficient (Wildman–Crippen LogP) is 4.00. The second kappa shape index (κ2) is 9.23. The van der Waals surface area contributed by atoms with Gasteiger partial charge in [-0.25, -0.2) is 26.3 Å². The Bertz CT molecular complexity index is 1060. The summed E-state index contributed by atoms with van der Waals surface area (Å²) in [5, 5.41) is 2.00. The first-order valence-corrected chi connectivity index (χ1v) is 10.9. The standard InChI is InChI=1S/C19H18ClF3N2O4S/c20-13-9-12(30(27,28)25-11-3-1-2-4-11)5-8-16(13)29-10-17(26)24-15-7-6-14(21)18(22)19(15)23/h5-9,11,25H,1-4,10H2,(H,24,26). The van der Waals surface area contributed by atoms with Gasteiger partial charge in [0.15, 0.2) is 24.1 Å². The van der Waals surface area contributed by atoms with E-state index in [4.69, 9.17) is 16.3 Å². The Morgan fingerprint density at radius 3 is 2.47 bits per heavy atom. The lowest BCUT2D eigenvalue weighted by Crippen LogP contribution is -2.32. The van der Waals surface area contributed by atoms with Crippen molar-refractivity contribution in [3.8, 4) is 5.75 Å². The van der Waals surface area contributed by atoms with Gasteiger partial charge in [-0.1, -0.05) is 24.4 Å². The molecule has 1 aliphatic carbocycles. The number of halogens is 4. The molecular weight excluding hydrogens is 445 g/mol. The lowest BCUT2D eigenvalue weighted by molar-refractivity contribution is -0.118. The first-order valence-electron chi connectivity index (χ1n) is 9.05. The van der Waals surface area contributed by atoms with Crippen LogP contribution in [-0.2, 0) is 14.8 Å². The van der Waals surface area contributed by atoms with Crippen molar-refractivity contribution in [2.75, 3.05) is 11.9 Å². The monoisotopic (exact) mass is 462 g/mol. The summed E-state index contributed by atoms with van der Waals surface area (Å²) in [5.41, 5.74) is -0.548. The van der Waals surface area contributed by atoms with Gasteiger partial charge in [-0.2, -0.15) is 0 Å². The molecule has 0 radical (unpaired) electrons. The normalized spacial score (nSPS) is 14.7. The zero-order valence-corrected chi connectivity index (χ0v) is 17.1. The number of sulfonamides is 1. The van der Waals surface area contributed by atoms with Gasteiger partial charge in [0.05, 0.1) is 15.6 Å². The van der Waals surface area contributed by atoms with Crippen molar-refractivity contribution < 1.29 is 31.1 Å². The van der Waals surface area contributed by atoms with Crippen molar-refractivity contribution in [3.63, 3.8) is 0 Å². The van der Waals surface area contributed by atoms with E-state index in [2.05, 4.69) is 4.72 Å². The number of rotatable bonds is 7. The Hall–Kier alpha value is -2.30. The quantitative estimate of drug-likeness (QED) is 0.609. The van der Waals surface area contributed by atoms with E-state index in [1.807, 2.05) is 5.32 Å². The van der Waals surface area contributed by atoms with Gasteiger partial charge in [0, 0.05) is 6.04 Å². The molecule has 0 aliphatic heterocycles. The number of amides is 1. The van der Waals surface area contributed by atoms with Gasteiger partial charge < -0.3 is 10.1 Å². The molecule has 1 fully saturated rings. The van der Waals surface area contributed by atoms with Gasteiger partial charge >= 0.3 is 0 Å². The third kappa shape index (κ3) is 5.24. The molecule has 162 valence electrons. The minimum absolute atomic E-state index is 0.0254. The Labute approximate surface area is 176 Å². The van der Waals surface area contributed by atoms with Crippen molar-refractivity contribution in [3.05, 3.63) is 52.8 Å². The van der Waals surface area contributed by atoms with Crippen molar-refractivity contribution in [1.29, 1.82) is 0 Å². The van der Waals surface area contributed by atoms with Crippen molar-refractivity contribution >= 4 is 33.2 Å². The predicted molar refractivity (Wildman–Crippen MR) is 104 cm³/mol. The van der Waals surface area contributed by atoms with E-state index in [1.165, 1.54) is 18.2 Å². The first kappa shape index (κ1) is 22.4. The molecule has 30 heavy (non-hydrogen) atoms. The fourth-order valence-corrected chi connectivity index (χ4v) is 4.68. The minimum atomic E-state index is -3.74. The third-order valence-electron chi connectivity index (χ3n) is 4.56. The lowest BCUT2D eigenvalue weighted by Gasteiger charge is -2.14. The number of benzene rings is 2. The summed E-state index contributed by atoms with van der Waals surface area (Å²) < 4.78 is 72.4. The molecule has 6 nitrogen and oxygen atoms in total. The maximum absolute atomic E-state index is 13.6. The summed E-state index contributed by atoms with van der Waals surface area (Å²) in [6.07, 6.45) is 3.50. The fourth-order valence-electron chi connectivity index (χ4n) is 3.05. The molecule has 1 saturated carbocycles. The Kier molecular flexibility index (Phi) is 6.89. The van der Waals surface area contributed by atoms with Gasteiger partial charge in [-0.15, -0.1) is 0 Å². The largest absolute Gasteiger partial charge is 0.482 e. The number of carbonyl (C=O) groups excluding carboxylic acids is 1. The van der Waals surface area contributed by atoms with E-state index in [-0.39, 0.29) is 21.7 Å². The van der Waals surface area contributed by atoms with Gasteiger partial charge in [0.1, 0.15) is 5.75 Å². The minimum Gasteiger partial charge on any atom is -0.482 e. The summed E-state index contributed by atoms with van der Waals surface area (Å²) >= 11 is 6.06. The van der Waals surface area contributed by atoms with Crippen LogP contribution < -0.4 is 14.8 Å². The maximum Gasteiger partial charge on any atom is 0.262 e. The van der Waals surface area contributed by atoms with Crippen LogP contribution >= 0.6 is 11.6 Å². The van der Waals surface area contributed by atoms with Crippen LogP contribution in [0, 0.1) is 17.5 Å². The molecule has 1 aliphatic rings. The first-order chi connectivity index (χ1) is 14.2. The average Bonchev–Trinajstić information content (AvgIpc) is 3.19. The van der Waals surface area contributed by atoms with Gasteiger partial charge in [-0.3, -0.25) is 4.79 Å². The molecule has 0 heterocycles.